The number of rotatable bonds is 3. The van der Waals surface area contributed by atoms with Gasteiger partial charge in [-0.05, 0) is 12.8 Å². The van der Waals surface area contributed by atoms with Gasteiger partial charge in [-0.15, -0.1) is 0 Å². The first-order valence-corrected chi connectivity index (χ1v) is 7.19. The third kappa shape index (κ3) is 4.43. The van der Waals surface area contributed by atoms with E-state index in [1.807, 2.05) is 0 Å². The summed E-state index contributed by atoms with van der Waals surface area (Å²) in [6, 6.07) is 4.22. The van der Waals surface area contributed by atoms with Crippen LogP contribution in [0.1, 0.15) is 12.8 Å². The van der Waals surface area contributed by atoms with E-state index >= 15 is 0 Å². The van der Waals surface area contributed by atoms with Crippen LogP contribution in [0, 0.1) is 5.92 Å². The van der Waals surface area contributed by atoms with Crippen molar-refractivity contribution in [2.75, 3.05) is 32.6 Å². The Morgan fingerprint density at radius 3 is 2.35 bits per heavy atom. The maximum atomic E-state index is 12.8. The maximum Gasteiger partial charge on any atom is 0.393 e. The molecule has 0 aromatic heterocycles. The number of alkyl halides is 3. The van der Waals surface area contributed by atoms with Gasteiger partial charge in [-0.1, -0.05) is 0 Å². The average Bonchev–Trinajstić information content (AvgIpc) is 2.53. The fourth-order valence-electron chi connectivity index (χ4n) is 2.51. The van der Waals surface area contributed by atoms with Crippen LogP contribution in [0.25, 0.3) is 0 Å². The molecule has 2 rings (SSSR count). The zero-order valence-corrected chi connectivity index (χ0v) is 12.9. The Hall–Kier alpha value is -2.12. The number of ether oxygens (including phenoxy) is 2. The van der Waals surface area contributed by atoms with Crippen LogP contribution in [-0.2, 0) is 0 Å². The molecule has 8 heteroatoms. The van der Waals surface area contributed by atoms with Crippen molar-refractivity contribution in [3.8, 4) is 11.5 Å². The van der Waals surface area contributed by atoms with Gasteiger partial charge >= 0.3 is 12.2 Å². The molecule has 1 saturated heterocycles. The van der Waals surface area contributed by atoms with Crippen molar-refractivity contribution in [1.82, 2.24) is 4.90 Å². The lowest BCUT2D eigenvalue weighted by molar-refractivity contribution is -0.183. The average molecular weight is 332 g/mol. The van der Waals surface area contributed by atoms with Gasteiger partial charge in [-0.3, -0.25) is 0 Å². The first-order chi connectivity index (χ1) is 10.8. The number of nitrogens with one attached hydrogen (secondary N) is 1. The summed E-state index contributed by atoms with van der Waals surface area (Å²) >= 11 is 0. The molecular weight excluding hydrogens is 313 g/mol. The number of urea groups is 1. The third-order valence-corrected chi connectivity index (χ3v) is 3.77. The fourth-order valence-corrected chi connectivity index (χ4v) is 2.51. The van der Waals surface area contributed by atoms with Crippen LogP contribution in [0.2, 0.25) is 0 Å². The van der Waals surface area contributed by atoms with E-state index in [1.54, 1.807) is 18.2 Å². The molecule has 0 aliphatic carbocycles. The van der Waals surface area contributed by atoms with Crippen molar-refractivity contribution in [2.45, 2.75) is 19.0 Å². The van der Waals surface area contributed by atoms with Crippen molar-refractivity contribution in [2.24, 2.45) is 5.92 Å². The van der Waals surface area contributed by atoms with Crippen molar-refractivity contribution in [1.29, 1.82) is 0 Å². The van der Waals surface area contributed by atoms with Crippen molar-refractivity contribution < 1.29 is 27.4 Å². The minimum atomic E-state index is -4.28. The largest absolute Gasteiger partial charge is 0.497 e. The summed E-state index contributed by atoms with van der Waals surface area (Å²) in [6.45, 7) is -0.0179. The Labute approximate surface area is 132 Å². The summed E-state index contributed by atoms with van der Waals surface area (Å²) in [5, 5.41) is 2.59. The zero-order chi connectivity index (χ0) is 17.0. The van der Waals surface area contributed by atoms with Crippen molar-refractivity contribution >= 4 is 11.7 Å². The number of nitrogens with zero attached hydrogens (tertiary/aromatic N) is 1. The molecule has 1 unspecified atom stereocenters. The van der Waals surface area contributed by atoms with Gasteiger partial charge in [0.05, 0.1) is 20.1 Å². The fraction of sp³-hybridized carbons (Fsp3) is 0.533. The Kier molecular flexibility index (Phi) is 5.23. The number of likely N-dealkylation sites (tertiary alicyclic amines) is 1. The lowest BCUT2D eigenvalue weighted by atomic mass is 9.98. The van der Waals surface area contributed by atoms with Crippen LogP contribution in [0.4, 0.5) is 23.7 Å². The van der Waals surface area contributed by atoms with Gasteiger partial charge in [-0.2, -0.15) is 13.2 Å². The lowest BCUT2D eigenvalue weighted by Gasteiger charge is -2.33. The first kappa shape index (κ1) is 17.2. The van der Waals surface area contributed by atoms with Gasteiger partial charge in [0.25, 0.3) is 0 Å². The first-order valence-electron chi connectivity index (χ1n) is 7.19. The molecule has 1 aromatic rings. The molecule has 1 fully saturated rings. The smallest absolute Gasteiger partial charge is 0.393 e. The molecule has 1 aromatic carbocycles. The highest BCUT2D eigenvalue weighted by Gasteiger charge is 2.42. The Morgan fingerprint density at radius 1 is 1.22 bits per heavy atom. The van der Waals surface area contributed by atoms with E-state index < -0.39 is 18.1 Å². The molecule has 128 valence electrons. The molecule has 5 nitrogen and oxygen atoms in total. The number of benzene rings is 1. The second kappa shape index (κ2) is 6.97. The van der Waals surface area contributed by atoms with Gasteiger partial charge in [0.1, 0.15) is 11.5 Å². The number of anilines is 1. The summed E-state index contributed by atoms with van der Waals surface area (Å²) in [6.07, 6.45) is -3.89. The predicted molar refractivity (Wildman–Crippen MR) is 78.9 cm³/mol. The molecule has 1 atom stereocenters. The van der Waals surface area contributed by atoms with Gasteiger partial charge in [0, 0.05) is 37.0 Å². The highest BCUT2D eigenvalue weighted by atomic mass is 19.4. The van der Waals surface area contributed by atoms with Gasteiger partial charge in [-0.25, -0.2) is 4.79 Å². The van der Waals surface area contributed by atoms with Gasteiger partial charge in [0.2, 0.25) is 0 Å². The third-order valence-electron chi connectivity index (χ3n) is 3.77. The summed E-state index contributed by atoms with van der Waals surface area (Å²) in [5.41, 5.74) is 0.403. The highest BCUT2D eigenvalue weighted by molar-refractivity contribution is 5.90. The minimum Gasteiger partial charge on any atom is -0.497 e. The van der Waals surface area contributed by atoms with E-state index in [2.05, 4.69) is 5.32 Å². The molecule has 2 amide bonds. The summed E-state index contributed by atoms with van der Waals surface area (Å²) < 4.78 is 48.6. The normalized spacial score (nSPS) is 18.5. The zero-order valence-electron chi connectivity index (χ0n) is 12.9. The predicted octanol–water partition coefficient (Wildman–Crippen LogP) is 3.51. The number of hydrogen-bond donors (Lipinski definition) is 1. The van der Waals surface area contributed by atoms with Crippen LogP contribution >= 0.6 is 0 Å². The Balaban J connectivity index is 2.06. The highest BCUT2D eigenvalue weighted by Crippen LogP contribution is 2.33. The molecule has 0 radical (unpaired) electrons. The van der Waals surface area contributed by atoms with E-state index in [4.69, 9.17) is 9.47 Å². The Bertz CT molecular complexity index is 541. The summed E-state index contributed by atoms with van der Waals surface area (Å²) in [5.74, 6) is -0.514. The topological polar surface area (TPSA) is 50.8 Å². The number of carbonyl (C=O) groups is 1. The van der Waals surface area contributed by atoms with Crippen LogP contribution in [-0.4, -0.2) is 44.4 Å². The molecule has 1 heterocycles. The molecule has 23 heavy (non-hydrogen) atoms. The van der Waals surface area contributed by atoms with E-state index in [1.165, 1.54) is 19.1 Å². The number of hydrogen-bond acceptors (Lipinski definition) is 3. The summed E-state index contributed by atoms with van der Waals surface area (Å²) in [7, 11) is 2.94. The Morgan fingerprint density at radius 2 is 1.83 bits per heavy atom. The number of halogens is 3. The van der Waals surface area contributed by atoms with Gasteiger partial charge < -0.3 is 19.7 Å². The SMILES string of the molecule is COc1cc(NC(=O)N2CCCC(C(F)(F)F)C2)cc(OC)c1. The standard InChI is InChI=1S/C15H19F3N2O3/c1-22-12-6-11(7-13(8-12)23-2)19-14(21)20-5-3-4-10(9-20)15(16,17)18/h6-8,10H,3-5,9H2,1-2H3,(H,19,21). The second-order valence-corrected chi connectivity index (χ2v) is 5.36. The van der Waals surface area contributed by atoms with E-state index in [9.17, 15) is 18.0 Å². The molecule has 0 saturated carbocycles. The van der Waals surface area contributed by atoms with Crippen molar-refractivity contribution in [3.05, 3.63) is 18.2 Å². The maximum absolute atomic E-state index is 12.8. The second-order valence-electron chi connectivity index (χ2n) is 5.36. The molecule has 1 aliphatic rings. The molecule has 0 bridgehead atoms. The van der Waals surface area contributed by atoms with Crippen molar-refractivity contribution in [3.63, 3.8) is 0 Å². The number of carbonyl (C=O) groups excluding carboxylic acids is 1. The summed E-state index contributed by atoms with van der Waals surface area (Å²) in [4.78, 5) is 13.4. The van der Waals surface area contributed by atoms with Crippen LogP contribution in [0.5, 0.6) is 11.5 Å². The minimum absolute atomic E-state index is 0.0558. The van der Waals surface area contributed by atoms with Crippen LogP contribution in [0.3, 0.4) is 0 Å². The number of amides is 2. The van der Waals surface area contributed by atoms with E-state index in [0.29, 0.717) is 30.2 Å². The molecule has 1 aliphatic heterocycles. The van der Waals surface area contributed by atoms with E-state index in [-0.39, 0.29) is 13.0 Å². The van der Waals surface area contributed by atoms with Gasteiger partial charge in [0.15, 0.2) is 0 Å². The quantitative estimate of drug-likeness (QED) is 0.921. The van der Waals surface area contributed by atoms with Crippen LogP contribution < -0.4 is 14.8 Å². The van der Waals surface area contributed by atoms with E-state index in [0.717, 1.165) is 0 Å². The monoisotopic (exact) mass is 332 g/mol. The lowest BCUT2D eigenvalue weighted by Crippen LogP contribution is -2.46. The number of piperidine rings is 1. The molecule has 1 N–H and O–H groups in total. The van der Waals surface area contributed by atoms with Crippen LogP contribution in [0.15, 0.2) is 18.2 Å². The number of methoxy groups -OCH3 is 2. The molecular formula is C15H19F3N2O3. The molecule has 0 spiro atoms.